The molecule has 0 radical (unpaired) electrons. The molecule has 2 heterocycles. The summed E-state index contributed by atoms with van der Waals surface area (Å²) in [6.45, 7) is 0.383. The van der Waals surface area contributed by atoms with Crippen LogP contribution >= 0.6 is 24.8 Å². The van der Waals surface area contributed by atoms with E-state index in [9.17, 15) is 4.79 Å². The molecule has 9 heteroatoms. The van der Waals surface area contributed by atoms with E-state index in [-0.39, 0.29) is 36.8 Å². The zero-order valence-corrected chi connectivity index (χ0v) is 16.4. The molecule has 1 amide bonds. The highest BCUT2D eigenvalue weighted by molar-refractivity contribution is 6.13. The molecular weight excluding hydrogens is 399 g/mol. The summed E-state index contributed by atoms with van der Waals surface area (Å²) in [4.78, 5) is 23.9. The number of aromatic amines is 1. The van der Waals surface area contributed by atoms with Crippen LogP contribution in [0.5, 0.6) is 0 Å². The second-order valence-corrected chi connectivity index (χ2v) is 5.97. The van der Waals surface area contributed by atoms with Gasteiger partial charge in [-0.15, -0.1) is 24.8 Å². The first kappa shape index (κ1) is 21.4. The van der Waals surface area contributed by atoms with Crippen molar-refractivity contribution < 1.29 is 4.79 Å². The van der Waals surface area contributed by atoms with E-state index in [1.165, 1.54) is 0 Å². The second-order valence-electron chi connectivity index (χ2n) is 5.97. The Bertz CT molecular complexity index is 1020. The number of hydrogen-bond acceptors (Lipinski definition) is 5. The number of benzene rings is 2. The van der Waals surface area contributed by atoms with E-state index in [1.54, 1.807) is 12.4 Å². The maximum atomic E-state index is 12.2. The lowest BCUT2D eigenvalue weighted by Crippen LogP contribution is -2.40. The number of fused-ring (bicyclic) bond motifs is 1. The number of hydrogen-bond donors (Lipinski definition) is 4. The van der Waals surface area contributed by atoms with Crippen LogP contribution in [0.4, 0.5) is 0 Å². The minimum atomic E-state index is -0.251. The summed E-state index contributed by atoms with van der Waals surface area (Å²) in [5.74, 6) is 0.153. The van der Waals surface area contributed by atoms with Crippen molar-refractivity contribution in [2.45, 2.75) is 6.04 Å². The van der Waals surface area contributed by atoms with Gasteiger partial charge in [-0.2, -0.15) is 0 Å². The fraction of sp³-hybridized carbons (Fsp3) is 0.105. The largest absolute Gasteiger partial charge is 0.348 e. The third-order valence-corrected chi connectivity index (χ3v) is 4.19. The van der Waals surface area contributed by atoms with Crippen molar-refractivity contribution in [2.24, 2.45) is 10.7 Å². The van der Waals surface area contributed by atoms with Crippen LogP contribution < -0.4 is 16.4 Å². The summed E-state index contributed by atoms with van der Waals surface area (Å²) < 4.78 is 0. The minimum absolute atomic E-state index is 0. The van der Waals surface area contributed by atoms with E-state index in [0.717, 1.165) is 22.2 Å². The molecule has 0 saturated carbocycles. The summed E-state index contributed by atoms with van der Waals surface area (Å²) in [6, 6.07) is 15.4. The fourth-order valence-corrected chi connectivity index (χ4v) is 2.86. The van der Waals surface area contributed by atoms with E-state index in [2.05, 4.69) is 25.6 Å². The first-order valence-electron chi connectivity index (χ1n) is 8.29. The molecule has 1 aliphatic heterocycles. The molecule has 4 rings (SSSR count). The van der Waals surface area contributed by atoms with Crippen molar-refractivity contribution in [3.8, 4) is 0 Å². The minimum Gasteiger partial charge on any atom is -0.348 e. The number of nitrogens with two attached hydrogens (primary N) is 1. The van der Waals surface area contributed by atoms with E-state index < -0.39 is 0 Å². The molecule has 1 aromatic heterocycles. The first-order chi connectivity index (χ1) is 12.7. The topological polar surface area (TPSA) is 108 Å². The Labute approximate surface area is 174 Å². The van der Waals surface area contributed by atoms with Crippen LogP contribution in [0.3, 0.4) is 0 Å². The van der Waals surface area contributed by atoms with Crippen molar-refractivity contribution in [1.29, 1.82) is 0 Å². The van der Waals surface area contributed by atoms with Gasteiger partial charge in [-0.1, -0.05) is 36.4 Å². The Balaban J connectivity index is 0.00000140. The summed E-state index contributed by atoms with van der Waals surface area (Å²) in [5.41, 5.74) is 9.88. The van der Waals surface area contributed by atoms with Gasteiger partial charge in [0.15, 0.2) is 0 Å². The molecule has 0 spiro atoms. The lowest BCUT2D eigenvalue weighted by Gasteiger charge is -2.17. The van der Waals surface area contributed by atoms with Crippen LogP contribution in [-0.4, -0.2) is 28.4 Å². The molecule has 0 aliphatic carbocycles. The molecule has 0 bridgehead atoms. The Hall–Kier alpha value is -2.87. The number of aromatic nitrogens is 2. The van der Waals surface area contributed by atoms with Crippen molar-refractivity contribution in [1.82, 2.24) is 20.6 Å². The molecule has 5 N–H and O–H groups in total. The summed E-state index contributed by atoms with van der Waals surface area (Å²) in [5, 5.41) is 5.93. The van der Waals surface area contributed by atoms with Gasteiger partial charge in [-0.3, -0.25) is 10.1 Å². The Kier molecular flexibility index (Phi) is 7.17. The van der Waals surface area contributed by atoms with E-state index in [1.807, 2.05) is 48.5 Å². The predicted molar refractivity (Wildman–Crippen MR) is 116 cm³/mol. The van der Waals surface area contributed by atoms with Gasteiger partial charge in [0.05, 0.1) is 23.4 Å². The highest BCUT2D eigenvalue weighted by Gasteiger charge is 2.22. The van der Waals surface area contributed by atoms with Gasteiger partial charge in [0.2, 0.25) is 5.96 Å². The molecule has 0 fully saturated rings. The fourth-order valence-electron chi connectivity index (χ4n) is 2.86. The lowest BCUT2D eigenvalue weighted by atomic mass is 10.1. The van der Waals surface area contributed by atoms with Crippen molar-refractivity contribution in [2.75, 3.05) is 6.54 Å². The average Bonchev–Trinajstić information content (AvgIpc) is 3.26. The Morgan fingerprint density at radius 2 is 1.93 bits per heavy atom. The van der Waals surface area contributed by atoms with Gasteiger partial charge < -0.3 is 16.0 Å². The maximum absolute atomic E-state index is 12.2. The van der Waals surface area contributed by atoms with Crippen LogP contribution in [0.25, 0.3) is 17.1 Å². The smallest absolute Gasteiger partial charge is 0.276 e. The molecule has 1 unspecified atom stereocenters. The molecule has 1 aliphatic rings. The Morgan fingerprint density at radius 1 is 1.14 bits per heavy atom. The number of halogens is 2. The van der Waals surface area contributed by atoms with Gasteiger partial charge in [0, 0.05) is 6.54 Å². The molecule has 3 aromatic rings. The van der Waals surface area contributed by atoms with Gasteiger partial charge >= 0.3 is 0 Å². The van der Waals surface area contributed by atoms with Crippen LogP contribution in [0.15, 0.2) is 65.5 Å². The number of guanidine groups is 1. The quantitative estimate of drug-likeness (QED) is 0.488. The summed E-state index contributed by atoms with van der Waals surface area (Å²) in [7, 11) is 0. The molecule has 0 saturated heterocycles. The van der Waals surface area contributed by atoms with Crippen molar-refractivity contribution in [3.63, 3.8) is 0 Å². The lowest BCUT2D eigenvalue weighted by molar-refractivity contribution is -0.115. The van der Waals surface area contributed by atoms with Crippen LogP contribution in [0.2, 0.25) is 0 Å². The number of aliphatic imine (C=N–C) groups is 1. The number of H-pyrrole nitrogens is 1. The molecule has 1 atom stereocenters. The van der Waals surface area contributed by atoms with Gasteiger partial charge in [0.1, 0.15) is 5.70 Å². The zero-order chi connectivity index (χ0) is 17.9. The standard InChI is InChI=1S/C19H18N6O.2ClH/c20-10-17(13-4-2-1-3-5-13)24-19-23-16(18(26)25-19)9-12-6-7-14-15(8-12)22-11-21-14;;/h1-9,11,17H,10,20H2,(H,21,22)(H2,23,24,25,26);2*1H/b16-9-;;. The number of carbonyl (C=O) groups excluding carboxylic acids is 1. The van der Waals surface area contributed by atoms with Crippen LogP contribution in [-0.2, 0) is 4.79 Å². The molecule has 7 nitrogen and oxygen atoms in total. The number of nitrogens with zero attached hydrogens (tertiary/aromatic N) is 2. The molecule has 2 aromatic carbocycles. The predicted octanol–water partition coefficient (Wildman–Crippen LogP) is 2.52. The second kappa shape index (κ2) is 9.36. The summed E-state index contributed by atoms with van der Waals surface area (Å²) in [6.07, 6.45) is 3.37. The highest BCUT2D eigenvalue weighted by Crippen LogP contribution is 2.17. The number of imidazole rings is 1. The number of rotatable bonds is 4. The van der Waals surface area contributed by atoms with Crippen molar-refractivity contribution >= 4 is 53.8 Å². The third kappa shape index (κ3) is 4.51. The SMILES string of the molecule is Cl.Cl.NCC(NC1=N/C(=C\c2ccc3[nH]cnc3c2)C(=O)N1)c1ccccc1. The average molecular weight is 419 g/mol. The highest BCUT2D eigenvalue weighted by atomic mass is 35.5. The first-order valence-corrected chi connectivity index (χ1v) is 8.29. The number of carbonyl (C=O) groups is 1. The summed E-state index contributed by atoms with van der Waals surface area (Å²) >= 11 is 0. The van der Waals surface area contributed by atoms with E-state index in [4.69, 9.17) is 5.73 Å². The maximum Gasteiger partial charge on any atom is 0.276 e. The van der Waals surface area contributed by atoms with E-state index in [0.29, 0.717) is 18.2 Å². The zero-order valence-electron chi connectivity index (χ0n) is 14.8. The third-order valence-electron chi connectivity index (χ3n) is 4.19. The number of amides is 1. The number of nitrogens with one attached hydrogen (secondary N) is 3. The van der Waals surface area contributed by atoms with Gasteiger partial charge in [0.25, 0.3) is 5.91 Å². The molecule has 146 valence electrons. The normalized spacial score (nSPS) is 15.4. The van der Waals surface area contributed by atoms with Crippen molar-refractivity contribution in [3.05, 3.63) is 71.7 Å². The van der Waals surface area contributed by atoms with E-state index >= 15 is 0 Å². The monoisotopic (exact) mass is 418 g/mol. The van der Waals surface area contributed by atoms with Gasteiger partial charge in [-0.05, 0) is 29.3 Å². The Morgan fingerprint density at radius 3 is 2.68 bits per heavy atom. The molecular formula is C19H20Cl2N6O. The van der Waals surface area contributed by atoms with Gasteiger partial charge in [-0.25, -0.2) is 9.98 Å². The van der Waals surface area contributed by atoms with Crippen LogP contribution in [0, 0.1) is 0 Å². The van der Waals surface area contributed by atoms with Crippen LogP contribution in [0.1, 0.15) is 17.2 Å². The molecule has 28 heavy (non-hydrogen) atoms.